The topological polar surface area (TPSA) is 69.6 Å². The third-order valence-electron chi connectivity index (χ3n) is 5.08. The molecule has 0 fully saturated rings. The molecule has 0 saturated heterocycles. The smallest absolute Gasteiger partial charge is 0.153 e. The van der Waals surface area contributed by atoms with Crippen molar-refractivity contribution in [3.05, 3.63) is 64.5 Å². The van der Waals surface area contributed by atoms with Crippen LogP contribution in [0.25, 0.3) is 0 Å². The molecule has 2 rings (SSSR count). The molecule has 0 spiro atoms. The fraction of sp³-hybridized carbons (Fsp3) is 0.455. The monoisotopic (exact) mass is 404 g/mol. The molecule has 0 saturated carbocycles. The Morgan fingerprint density at radius 3 is 2.46 bits per heavy atom. The van der Waals surface area contributed by atoms with E-state index in [9.17, 15) is 13.5 Å². The van der Waals surface area contributed by atoms with Crippen LogP contribution in [0.4, 0.5) is 0 Å². The summed E-state index contributed by atoms with van der Waals surface area (Å²) in [6, 6.07) is 3.82. The molecule has 0 amide bonds. The minimum atomic E-state index is -3.21. The number of hydrogen-bond acceptors (Lipinski definition) is 5. The Balaban J connectivity index is 2.42. The molecule has 28 heavy (non-hydrogen) atoms. The normalized spacial score (nSPS) is 16.1. The highest BCUT2D eigenvalue weighted by molar-refractivity contribution is 7.91. The summed E-state index contributed by atoms with van der Waals surface area (Å²) in [6.07, 6.45) is 5.93. The molecule has 2 N–H and O–H groups in total. The fourth-order valence-electron chi connectivity index (χ4n) is 3.29. The second-order valence-corrected chi connectivity index (χ2v) is 9.78. The van der Waals surface area contributed by atoms with Gasteiger partial charge in [-0.2, -0.15) is 0 Å². The van der Waals surface area contributed by atoms with E-state index in [2.05, 4.69) is 29.8 Å². The van der Waals surface area contributed by atoms with Crippen molar-refractivity contribution in [3.63, 3.8) is 0 Å². The predicted octanol–water partition coefficient (Wildman–Crippen LogP) is 3.79. The molecule has 1 heterocycles. The number of fused-ring (bicyclic) bond motifs is 1. The maximum absolute atomic E-state index is 12.0. The molecule has 1 atom stereocenters. The molecule has 0 bridgehead atoms. The Bertz CT molecular complexity index is 883. The van der Waals surface area contributed by atoms with Gasteiger partial charge in [0.2, 0.25) is 0 Å². The molecule has 1 aromatic carbocycles. The minimum Gasteiger partial charge on any atom is -0.508 e. The quantitative estimate of drug-likeness (QED) is 0.645. The van der Waals surface area contributed by atoms with Crippen molar-refractivity contribution in [2.75, 3.05) is 12.8 Å². The molecular formula is C22H32N2O3S. The largest absolute Gasteiger partial charge is 0.508 e. The minimum absolute atomic E-state index is 0.298. The van der Waals surface area contributed by atoms with Gasteiger partial charge < -0.3 is 15.3 Å². The van der Waals surface area contributed by atoms with Gasteiger partial charge in [-0.3, -0.25) is 0 Å². The molecule has 0 radical (unpaired) electrons. The van der Waals surface area contributed by atoms with Crippen molar-refractivity contribution in [3.8, 4) is 5.75 Å². The van der Waals surface area contributed by atoms with Gasteiger partial charge in [0, 0.05) is 42.9 Å². The summed E-state index contributed by atoms with van der Waals surface area (Å²) in [7, 11) is -3.21. The van der Waals surface area contributed by atoms with Crippen LogP contribution in [0.2, 0.25) is 0 Å². The van der Waals surface area contributed by atoms with Gasteiger partial charge in [0.25, 0.3) is 0 Å². The lowest BCUT2D eigenvalue weighted by molar-refractivity contribution is 0.371. The van der Waals surface area contributed by atoms with E-state index in [4.69, 9.17) is 0 Å². The van der Waals surface area contributed by atoms with Crippen molar-refractivity contribution in [1.82, 2.24) is 10.2 Å². The van der Waals surface area contributed by atoms with Gasteiger partial charge in [0.15, 0.2) is 9.84 Å². The Labute approximate surface area is 169 Å². The van der Waals surface area contributed by atoms with E-state index in [0.717, 1.165) is 46.6 Å². The molecule has 0 aliphatic carbocycles. The number of rotatable bonds is 8. The van der Waals surface area contributed by atoms with Crippen LogP contribution in [0.1, 0.15) is 43.9 Å². The zero-order valence-electron chi connectivity index (χ0n) is 17.5. The van der Waals surface area contributed by atoms with Gasteiger partial charge in [-0.05, 0) is 49.9 Å². The number of nitrogens with one attached hydrogen (secondary N) is 1. The van der Waals surface area contributed by atoms with Crippen LogP contribution < -0.4 is 5.32 Å². The second-order valence-electron chi connectivity index (χ2n) is 7.38. The average molecular weight is 405 g/mol. The van der Waals surface area contributed by atoms with Crippen molar-refractivity contribution >= 4 is 9.84 Å². The molecule has 1 unspecified atom stereocenters. The van der Waals surface area contributed by atoms with Gasteiger partial charge >= 0.3 is 0 Å². The van der Waals surface area contributed by atoms with E-state index in [1.54, 1.807) is 13.0 Å². The standard InChI is InChI=1S/C22H32N2O3S/c1-7-9-21(23-8-2)20(11-16(4)28(6,26)27)17(5)24-13-18-10-15(3)22(25)12-19(18)14-24/h9-12,16,23,25H,5,7-8,13-14H2,1-4,6H3/b20-11-,21-9+. The number of hydrogen-bond donors (Lipinski definition) is 2. The highest BCUT2D eigenvalue weighted by Crippen LogP contribution is 2.34. The Hall–Kier alpha value is -2.21. The summed E-state index contributed by atoms with van der Waals surface area (Å²) in [5.74, 6) is 0.298. The first-order valence-electron chi connectivity index (χ1n) is 9.69. The van der Waals surface area contributed by atoms with Gasteiger partial charge in [0.1, 0.15) is 5.75 Å². The molecule has 1 aliphatic rings. The second kappa shape index (κ2) is 8.86. The highest BCUT2D eigenvalue weighted by Gasteiger charge is 2.25. The van der Waals surface area contributed by atoms with E-state index < -0.39 is 15.1 Å². The number of benzene rings is 1. The van der Waals surface area contributed by atoms with E-state index in [1.165, 1.54) is 6.26 Å². The zero-order valence-corrected chi connectivity index (χ0v) is 18.4. The summed E-state index contributed by atoms with van der Waals surface area (Å²) in [4.78, 5) is 2.13. The maximum Gasteiger partial charge on any atom is 0.153 e. The maximum atomic E-state index is 12.0. The lowest BCUT2D eigenvalue weighted by atomic mass is 10.1. The van der Waals surface area contributed by atoms with Crippen LogP contribution in [0, 0.1) is 6.92 Å². The average Bonchev–Trinajstić information content (AvgIpc) is 3.01. The first kappa shape index (κ1) is 22.1. The molecule has 0 aromatic heterocycles. The van der Waals surface area contributed by atoms with Crippen molar-refractivity contribution in [1.29, 1.82) is 0 Å². The number of phenols is 1. The van der Waals surface area contributed by atoms with Gasteiger partial charge in [0.05, 0.1) is 5.25 Å². The predicted molar refractivity (Wildman–Crippen MR) is 116 cm³/mol. The Morgan fingerprint density at radius 2 is 1.93 bits per heavy atom. The van der Waals surface area contributed by atoms with E-state index in [1.807, 2.05) is 26.0 Å². The third kappa shape index (κ3) is 4.98. The highest BCUT2D eigenvalue weighted by atomic mass is 32.2. The summed E-state index contributed by atoms with van der Waals surface area (Å²) < 4.78 is 24.1. The van der Waals surface area contributed by atoms with Crippen molar-refractivity contribution in [2.24, 2.45) is 0 Å². The zero-order chi connectivity index (χ0) is 21.1. The lowest BCUT2D eigenvalue weighted by Gasteiger charge is -2.26. The molecule has 5 nitrogen and oxygen atoms in total. The number of aryl methyl sites for hydroxylation is 1. The van der Waals surface area contributed by atoms with Gasteiger partial charge in [-0.25, -0.2) is 8.42 Å². The summed E-state index contributed by atoms with van der Waals surface area (Å²) in [5.41, 5.74) is 5.59. The van der Waals surface area contributed by atoms with Crippen LogP contribution in [0.3, 0.4) is 0 Å². The summed E-state index contributed by atoms with van der Waals surface area (Å²) in [5, 5.41) is 12.8. The third-order valence-corrected chi connectivity index (χ3v) is 6.56. The SMILES string of the molecule is C=C(C(=C/C(C)S(C)(=O)=O)/C(=C\CC)NCC)N1Cc2cc(C)c(O)cc2C1. The fourth-order valence-corrected chi connectivity index (χ4v) is 3.68. The van der Waals surface area contributed by atoms with Crippen LogP contribution in [0.5, 0.6) is 5.75 Å². The van der Waals surface area contributed by atoms with Crippen molar-refractivity contribution in [2.45, 2.75) is 52.5 Å². The van der Waals surface area contributed by atoms with Gasteiger partial charge in [-0.15, -0.1) is 0 Å². The number of nitrogens with zero attached hydrogens (tertiary/aromatic N) is 1. The molecule has 1 aliphatic heterocycles. The first-order valence-corrected chi connectivity index (χ1v) is 11.6. The van der Waals surface area contributed by atoms with Crippen LogP contribution in [-0.4, -0.2) is 36.5 Å². The summed E-state index contributed by atoms with van der Waals surface area (Å²) >= 11 is 0. The number of phenolic OH excluding ortho intramolecular Hbond substituents is 1. The summed E-state index contributed by atoms with van der Waals surface area (Å²) in [6.45, 7) is 14.0. The number of likely N-dealkylation sites (N-methyl/N-ethyl adjacent to an activating group) is 1. The molecule has 154 valence electrons. The van der Waals surface area contributed by atoms with Gasteiger partial charge in [-0.1, -0.05) is 31.7 Å². The van der Waals surface area contributed by atoms with E-state index >= 15 is 0 Å². The van der Waals surface area contributed by atoms with E-state index in [0.29, 0.717) is 18.8 Å². The van der Waals surface area contributed by atoms with E-state index in [-0.39, 0.29) is 0 Å². The first-order chi connectivity index (χ1) is 13.1. The Kier molecular flexibility index (Phi) is 6.99. The lowest BCUT2D eigenvalue weighted by Crippen LogP contribution is -2.24. The number of allylic oxidation sites excluding steroid dienone is 1. The number of aromatic hydroxyl groups is 1. The van der Waals surface area contributed by atoms with Crippen LogP contribution in [0.15, 0.2) is 47.8 Å². The van der Waals surface area contributed by atoms with Crippen molar-refractivity contribution < 1.29 is 13.5 Å². The Morgan fingerprint density at radius 1 is 1.32 bits per heavy atom. The van der Waals surface area contributed by atoms with Crippen LogP contribution >= 0.6 is 0 Å². The molecule has 6 heteroatoms. The molecular weight excluding hydrogens is 372 g/mol. The van der Waals surface area contributed by atoms with Crippen LogP contribution in [-0.2, 0) is 22.9 Å². The number of sulfone groups is 1. The molecule has 1 aromatic rings.